The zero-order valence-electron chi connectivity index (χ0n) is 34.9. The van der Waals surface area contributed by atoms with Crippen LogP contribution in [0.15, 0.2) is 65.4 Å². The summed E-state index contributed by atoms with van der Waals surface area (Å²) in [6.45, 7) is 13.8. The number of ether oxygens (including phenoxy) is 1. The Morgan fingerprint density at radius 3 is 2.44 bits per heavy atom. The number of nitrogens with zero attached hydrogens (tertiary/aromatic N) is 6. The molecule has 5 aromatic rings. The van der Waals surface area contributed by atoms with E-state index in [9.17, 15) is 9.90 Å². The molecule has 13 heteroatoms. The Balaban J connectivity index is 1.23. The summed E-state index contributed by atoms with van der Waals surface area (Å²) in [5.41, 5.74) is 8.89. The number of benzene rings is 3. The fourth-order valence-corrected chi connectivity index (χ4v) is 9.73. The van der Waals surface area contributed by atoms with Crippen molar-refractivity contribution in [2.75, 3.05) is 49.6 Å². The number of nitrogens with one attached hydrogen (secondary N) is 1. The minimum Gasteiger partial charge on any atom is -0.494 e. The number of carboxylic acids is 1. The average Bonchev–Trinajstić information content (AvgIpc) is 3.71. The number of fused-ring (bicyclic) bond motifs is 4. The van der Waals surface area contributed by atoms with E-state index in [1.54, 1.807) is 18.2 Å². The van der Waals surface area contributed by atoms with Crippen LogP contribution in [0.4, 0.5) is 11.4 Å². The van der Waals surface area contributed by atoms with Gasteiger partial charge in [0.2, 0.25) is 0 Å². The lowest BCUT2D eigenvalue weighted by Crippen LogP contribution is -2.48. The van der Waals surface area contributed by atoms with Gasteiger partial charge in [-0.15, -0.1) is 0 Å². The number of halogens is 2. The SMILES string of the molecule is CC1=CC(C)=NC(CNC2CCN(C)CC2)N1c1c(Cl)ccc2c(CCCOc3cc(C)c(Cl)c(C)c3)c3n(c12)[C@H](C)CN(c1cn(C)c2ccc(C(=O)O)cc12)C3=O. The van der Waals surface area contributed by atoms with Gasteiger partial charge in [0.05, 0.1) is 34.1 Å². The number of carboxylic acid groups (broad SMARTS) is 1. The summed E-state index contributed by atoms with van der Waals surface area (Å²) in [5.74, 6) is -0.396. The average molecular weight is 839 g/mol. The summed E-state index contributed by atoms with van der Waals surface area (Å²) in [6, 6.07) is 13.2. The Morgan fingerprint density at radius 1 is 1.00 bits per heavy atom. The van der Waals surface area contributed by atoms with Gasteiger partial charge in [0.25, 0.3) is 5.91 Å². The summed E-state index contributed by atoms with van der Waals surface area (Å²) in [6.07, 6.45) is 7.16. The van der Waals surface area contributed by atoms with Crippen LogP contribution in [0.1, 0.15) is 83.6 Å². The van der Waals surface area contributed by atoms with E-state index in [1.807, 2.05) is 61.7 Å². The molecule has 1 fully saturated rings. The number of hydrogen-bond acceptors (Lipinski definition) is 7. The number of aromatic carboxylic acids is 1. The second-order valence-corrected chi connectivity index (χ2v) is 17.4. The summed E-state index contributed by atoms with van der Waals surface area (Å²) in [7, 11) is 4.09. The molecule has 2 aromatic heterocycles. The number of carbonyl (C=O) groups excluding carboxylic acids is 1. The van der Waals surface area contributed by atoms with Crippen LogP contribution in [0.5, 0.6) is 5.75 Å². The Hall–Kier alpha value is -4.81. The lowest BCUT2D eigenvalue weighted by Gasteiger charge is -2.39. The van der Waals surface area contributed by atoms with Crippen LogP contribution in [0.25, 0.3) is 21.8 Å². The predicted molar refractivity (Wildman–Crippen MR) is 240 cm³/mol. The van der Waals surface area contributed by atoms with Crippen molar-refractivity contribution in [2.45, 2.75) is 78.6 Å². The number of anilines is 2. The number of hydrogen-bond donors (Lipinski definition) is 2. The molecule has 11 nitrogen and oxygen atoms in total. The number of aryl methyl sites for hydroxylation is 4. The first-order valence-corrected chi connectivity index (χ1v) is 21.3. The van der Waals surface area contributed by atoms with E-state index in [0.717, 1.165) is 86.9 Å². The first-order valence-electron chi connectivity index (χ1n) is 20.5. The van der Waals surface area contributed by atoms with E-state index < -0.39 is 5.97 Å². The molecule has 2 N–H and O–H groups in total. The predicted octanol–water partition coefficient (Wildman–Crippen LogP) is 9.18. The van der Waals surface area contributed by atoms with E-state index >= 15 is 4.79 Å². The number of piperidine rings is 1. The van der Waals surface area contributed by atoms with E-state index in [0.29, 0.717) is 60.4 Å². The van der Waals surface area contributed by atoms with Crippen LogP contribution in [0, 0.1) is 13.8 Å². The number of allylic oxidation sites excluding steroid dienone is 2. The quantitative estimate of drug-likeness (QED) is 0.128. The highest BCUT2D eigenvalue weighted by Crippen LogP contribution is 2.46. The first-order chi connectivity index (χ1) is 28.2. The van der Waals surface area contributed by atoms with E-state index in [-0.39, 0.29) is 23.7 Å². The molecule has 59 heavy (non-hydrogen) atoms. The third kappa shape index (κ3) is 7.63. The maximum atomic E-state index is 15.3. The Kier molecular flexibility index (Phi) is 11.3. The molecule has 3 aromatic carbocycles. The number of aromatic nitrogens is 2. The minimum absolute atomic E-state index is 0.144. The van der Waals surface area contributed by atoms with Crippen molar-refractivity contribution in [1.29, 1.82) is 0 Å². The van der Waals surface area contributed by atoms with Crippen molar-refractivity contribution in [2.24, 2.45) is 12.0 Å². The molecule has 1 unspecified atom stereocenters. The van der Waals surface area contributed by atoms with Gasteiger partial charge in [-0.2, -0.15) is 0 Å². The molecule has 310 valence electrons. The third-order valence-electron chi connectivity index (χ3n) is 12.3. The van der Waals surface area contributed by atoms with Crippen LogP contribution in [-0.2, 0) is 13.5 Å². The van der Waals surface area contributed by atoms with Crippen LogP contribution in [0.2, 0.25) is 10.0 Å². The Bertz CT molecular complexity index is 2520. The zero-order valence-corrected chi connectivity index (χ0v) is 36.4. The molecule has 0 spiro atoms. The summed E-state index contributed by atoms with van der Waals surface area (Å²) in [5, 5.41) is 16.7. The molecule has 0 saturated carbocycles. The lowest BCUT2D eigenvalue weighted by atomic mass is 10.0. The number of aliphatic imine (C=N–C) groups is 1. The van der Waals surface area contributed by atoms with E-state index in [1.165, 1.54) is 0 Å². The first kappa shape index (κ1) is 40.9. The van der Waals surface area contributed by atoms with Gasteiger partial charge in [-0.1, -0.05) is 29.3 Å². The smallest absolute Gasteiger partial charge is 0.335 e. The van der Waals surface area contributed by atoms with Gasteiger partial charge in [0.1, 0.15) is 17.6 Å². The molecule has 0 radical (unpaired) electrons. The number of rotatable bonds is 11. The van der Waals surface area contributed by atoms with Crippen molar-refractivity contribution >= 4 is 74.0 Å². The third-order valence-corrected chi connectivity index (χ3v) is 13.2. The standard InChI is InChI=1S/C46H53Cl2N7O4/c1-26-19-33(20-27(2)41(26)48)59-18-8-9-34-35-11-12-37(47)44(54-29(4)21-28(3)50-40(54)23-49-32-14-16-51(6)17-15-32)42(35)55-30(5)24-53(45(56)43(34)55)39-25-52(7)38-13-10-31(46(57)58)22-36(38)39/h10-13,19-22,25,30,32,40,49H,8-9,14-18,23-24H2,1-7H3,(H,57,58)/t30-,40?/m1/s1. The van der Waals surface area contributed by atoms with Crippen LogP contribution < -0.4 is 19.9 Å². The highest BCUT2D eigenvalue weighted by molar-refractivity contribution is 6.35. The molecule has 0 aliphatic carbocycles. The number of likely N-dealkylation sites (tertiary alicyclic amines) is 1. The summed E-state index contributed by atoms with van der Waals surface area (Å²) in [4.78, 5) is 39.0. The van der Waals surface area contributed by atoms with Crippen LogP contribution in [-0.4, -0.2) is 88.8 Å². The molecular weight excluding hydrogens is 785 g/mol. The lowest BCUT2D eigenvalue weighted by molar-refractivity contribution is 0.0696. The molecular formula is C46H53Cl2N7O4. The van der Waals surface area contributed by atoms with Crippen molar-refractivity contribution in [3.05, 3.63) is 98.4 Å². The van der Waals surface area contributed by atoms with Crippen molar-refractivity contribution in [3.63, 3.8) is 0 Å². The van der Waals surface area contributed by atoms with Gasteiger partial charge >= 0.3 is 5.97 Å². The molecule has 8 rings (SSSR count). The van der Waals surface area contributed by atoms with Crippen LogP contribution >= 0.6 is 23.2 Å². The zero-order chi connectivity index (χ0) is 41.9. The van der Waals surface area contributed by atoms with Crippen molar-refractivity contribution in [1.82, 2.24) is 19.4 Å². The summed E-state index contributed by atoms with van der Waals surface area (Å²) >= 11 is 13.8. The fraction of sp³-hybridized carbons (Fsp3) is 0.413. The number of amides is 1. The number of carbonyl (C=O) groups is 2. The molecule has 1 saturated heterocycles. The largest absolute Gasteiger partial charge is 0.494 e. The van der Waals surface area contributed by atoms with Gasteiger partial charge in [0, 0.05) is 71.1 Å². The molecule has 3 aliphatic rings. The second kappa shape index (κ2) is 16.3. The van der Waals surface area contributed by atoms with Gasteiger partial charge in [0.15, 0.2) is 0 Å². The monoisotopic (exact) mass is 837 g/mol. The molecule has 0 bridgehead atoms. The Labute approximate surface area is 355 Å². The van der Waals surface area contributed by atoms with Crippen LogP contribution in [0.3, 0.4) is 0 Å². The highest BCUT2D eigenvalue weighted by atomic mass is 35.5. The van der Waals surface area contributed by atoms with Crippen molar-refractivity contribution in [3.8, 4) is 5.75 Å². The molecule has 1 amide bonds. The van der Waals surface area contributed by atoms with Gasteiger partial charge in [-0.3, -0.25) is 9.79 Å². The molecule has 3 aliphatic heterocycles. The van der Waals surface area contributed by atoms with Crippen molar-refractivity contribution < 1.29 is 19.4 Å². The molecule has 5 heterocycles. The molecule has 2 atom stereocenters. The van der Waals surface area contributed by atoms with Gasteiger partial charge in [-0.05, 0) is 140 Å². The second-order valence-electron chi connectivity index (χ2n) is 16.6. The summed E-state index contributed by atoms with van der Waals surface area (Å²) < 4.78 is 10.4. The van der Waals surface area contributed by atoms with Gasteiger partial charge in [-0.25, -0.2) is 4.79 Å². The maximum absolute atomic E-state index is 15.3. The Morgan fingerprint density at radius 2 is 1.73 bits per heavy atom. The van der Waals surface area contributed by atoms with Gasteiger partial charge < -0.3 is 39.0 Å². The van der Waals surface area contributed by atoms with E-state index in [2.05, 4.69) is 52.7 Å². The highest BCUT2D eigenvalue weighted by Gasteiger charge is 2.39. The fourth-order valence-electron chi connectivity index (χ4n) is 9.38. The normalized spacial score (nSPS) is 19.1. The van der Waals surface area contributed by atoms with E-state index in [4.69, 9.17) is 32.9 Å². The minimum atomic E-state index is -1.01. The topological polar surface area (TPSA) is 108 Å². The maximum Gasteiger partial charge on any atom is 0.335 e.